The molecule has 1 heteroatoms. The molecule has 0 rings (SSSR count). The predicted molar refractivity (Wildman–Crippen MR) is 56.9 cm³/mol. The molecule has 0 aromatic rings. The molecule has 0 saturated heterocycles. The van der Waals surface area contributed by atoms with Crippen LogP contribution in [0.15, 0.2) is 17.1 Å². The lowest BCUT2D eigenvalue weighted by molar-refractivity contribution is 0.779. The monoisotopic (exact) mass is 167 g/mol. The number of allylic oxidation sites excluding steroid dienone is 2. The molecule has 0 heterocycles. The van der Waals surface area contributed by atoms with Gasteiger partial charge in [0.25, 0.3) is 0 Å². The lowest BCUT2D eigenvalue weighted by atomic mass is 10.2. The molecule has 0 atom stereocenters. The largest absolute Gasteiger partial charge is 0.301 e. The van der Waals surface area contributed by atoms with E-state index in [1.54, 1.807) is 0 Å². The topological polar surface area (TPSA) is 12.4 Å². The molecule has 70 valence electrons. The van der Waals surface area contributed by atoms with Gasteiger partial charge >= 0.3 is 0 Å². The third-order valence-electron chi connectivity index (χ3n) is 1.76. The number of nitrogens with zero attached hydrogens (tertiary/aromatic N) is 1. The second-order valence-corrected chi connectivity index (χ2v) is 2.99. The number of unbranched alkanes of at least 4 members (excludes halogenated alkanes) is 4. The zero-order valence-electron chi connectivity index (χ0n) is 8.42. The maximum atomic E-state index is 3.94. The van der Waals surface area contributed by atoms with Crippen molar-refractivity contribution in [3.8, 4) is 0 Å². The molecule has 0 bridgehead atoms. The van der Waals surface area contributed by atoms with Crippen LogP contribution < -0.4 is 0 Å². The summed E-state index contributed by atoms with van der Waals surface area (Å²) in [5.41, 5.74) is 0. The predicted octanol–water partition coefficient (Wildman–Crippen LogP) is 3.60. The second kappa shape index (κ2) is 10.4. The molecule has 0 aromatic carbocycles. The molecule has 0 aliphatic heterocycles. The van der Waals surface area contributed by atoms with Gasteiger partial charge in [0.15, 0.2) is 0 Å². The first-order valence-electron chi connectivity index (χ1n) is 4.97. The summed E-state index contributed by atoms with van der Waals surface area (Å²) < 4.78 is 0. The van der Waals surface area contributed by atoms with Crippen LogP contribution in [0.5, 0.6) is 0 Å². The van der Waals surface area contributed by atoms with Crippen molar-refractivity contribution < 1.29 is 0 Å². The number of rotatable bonds is 7. The molecule has 12 heavy (non-hydrogen) atoms. The smallest absolute Gasteiger partial charge is 0.0273 e. The fourth-order valence-corrected chi connectivity index (χ4v) is 1.03. The fraction of sp³-hybridized carbons (Fsp3) is 0.727. The molecule has 0 fully saturated rings. The Morgan fingerprint density at radius 1 is 1.00 bits per heavy atom. The summed E-state index contributed by atoms with van der Waals surface area (Å²) in [4.78, 5) is 3.94. The first kappa shape index (κ1) is 11.4. The Labute approximate surface area is 76.6 Å². The number of hydrogen-bond acceptors (Lipinski definition) is 1. The summed E-state index contributed by atoms with van der Waals surface area (Å²) in [6, 6.07) is 0. The second-order valence-electron chi connectivity index (χ2n) is 2.99. The Hall–Kier alpha value is -0.590. The summed E-state index contributed by atoms with van der Waals surface area (Å²) in [7, 11) is 1.83. The van der Waals surface area contributed by atoms with Gasteiger partial charge in [-0.15, -0.1) is 0 Å². The van der Waals surface area contributed by atoms with Crippen LogP contribution in [0.1, 0.15) is 45.4 Å². The molecule has 0 N–H and O–H groups in total. The quantitative estimate of drug-likeness (QED) is 0.312. The summed E-state index contributed by atoms with van der Waals surface area (Å²) >= 11 is 0. The van der Waals surface area contributed by atoms with E-state index in [0.717, 1.165) is 6.42 Å². The molecule has 0 radical (unpaired) electrons. The maximum absolute atomic E-state index is 3.94. The van der Waals surface area contributed by atoms with Crippen molar-refractivity contribution in [3.63, 3.8) is 0 Å². The van der Waals surface area contributed by atoms with E-state index in [-0.39, 0.29) is 0 Å². The fourth-order valence-electron chi connectivity index (χ4n) is 1.03. The minimum atomic E-state index is 1.14. The van der Waals surface area contributed by atoms with E-state index in [0.29, 0.717) is 0 Å². The highest BCUT2D eigenvalue weighted by Crippen LogP contribution is 2.00. The van der Waals surface area contributed by atoms with E-state index >= 15 is 0 Å². The van der Waals surface area contributed by atoms with Crippen molar-refractivity contribution in [1.82, 2.24) is 0 Å². The first-order valence-corrected chi connectivity index (χ1v) is 4.97. The van der Waals surface area contributed by atoms with Crippen LogP contribution in [-0.2, 0) is 0 Å². The number of hydrogen-bond donors (Lipinski definition) is 0. The molecule has 0 aliphatic rings. The van der Waals surface area contributed by atoms with Gasteiger partial charge < -0.3 is 4.99 Å². The molecular formula is C11H21N. The normalized spacial score (nSPS) is 11.8. The molecule has 0 amide bonds. The average Bonchev–Trinajstić information content (AvgIpc) is 2.10. The molecule has 0 saturated carbocycles. The number of aliphatic imine (C=N–C) groups is 1. The first-order chi connectivity index (χ1) is 5.91. The highest BCUT2D eigenvalue weighted by Gasteiger charge is 1.82. The molecule has 0 aliphatic carbocycles. The highest BCUT2D eigenvalue weighted by molar-refractivity contribution is 5.56. The summed E-state index contributed by atoms with van der Waals surface area (Å²) in [5.74, 6) is 0. The Morgan fingerprint density at radius 2 is 1.67 bits per heavy atom. The summed E-state index contributed by atoms with van der Waals surface area (Å²) in [6.07, 6.45) is 14.0. The van der Waals surface area contributed by atoms with Crippen molar-refractivity contribution in [2.24, 2.45) is 4.99 Å². The van der Waals surface area contributed by atoms with Gasteiger partial charge in [0.05, 0.1) is 0 Å². The van der Waals surface area contributed by atoms with E-state index in [9.17, 15) is 0 Å². The van der Waals surface area contributed by atoms with Crippen LogP contribution in [0.2, 0.25) is 0 Å². The third kappa shape index (κ3) is 9.41. The summed E-state index contributed by atoms with van der Waals surface area (Å²) in [6.45, 7) is 2.21. The van der Waals surface area contributed by atoms with Gasteiger partial charge in [-0.3, -0.25) is 0 Å². The molecular weight excluding hydrogens is 146 g/mol. The molecule has 0 aromatic heterocycles. The Bertz CT molecular complexity index is 125. The van der Waals surface area contributed by atoms with Gasteiger partial charge in [0.2, 0.25) is 0 Å². The minimum Gasteiger partial charge on any atom is -0.301 e. The van der Waals surface area contributed by atoms with Gasteiger partial charge in [-0.05, 0) is 38.3 Å². The van der Waals surface area contributed by atoms with E-state index in [1.807, 2.05) is 13.3 Å². The third-order valence-corrected chi connectivity index (χ3v) is 1.76. The van der Waals surface area contributed by atoms with Gasteiger partial charge in [-0.2, -0.15) is 0 Å². The molecule has 0 unspecified atom stereocenters. The van der Waals surface area contributed by atoms with Crippen molar-refractivity contribution in [1.29, 1.82) is 0 Å². The van der Waals surface area contributed by atoms with Crippen LogP contribution in [0.25, 0.3) is 0 Å². The Balaban J connectivity index is 2.99. The van der Waals surface area contributed by atoms with Gasteiger partial charge in [0.1, 0.15) is 0 Å². The molecule has 1 nitrogen and oxygen atoms in total. The van der Waals surface area contributed by atoms with Crippen molar-refractivity contribution in [3.05, 3.63) is 12.2 Å². The zero-order valence-corrected chi connectivity index (χ0v) is 8.42. The standard InChI is InChI=1S/C11H21N/c1-3-4-5-6-7-8-9-10-11-12-2/h5-6,11H,3-4,7-10H2,1-2H3/b6-5-,12-11+. The van der Waals surface area contributed by atoms with Crippen molar-refractivity contribution in [2.45, 2.75) is 45.4 Å². The summed E-state index contributed by atoms with van der Waals surface area (Å²) in [5, 5.41) is 0. The van der Waals surface area contributed by atoms with Crippen LogP contribution >= 0.6 is 0 Å². The zero-order chi connectivity index (χ0) is 9.07. The van der Waals surface area contributed by atoms with Crippen LogP contribution in [0.4, 0.5) is 0 Å². The Morgan fingerprint density at radius 3 is 2.33 bits per heavy atom. The van der Waals surface area contributed by atoms with E-state index in [4.69, 9.17) is 0 Å². The van der Waals surface area contributed by atoms with Crippen LogP contribution in [-0.4, -0.2) is 13.3 Å². The Kier molecular flexibility index (Phi) is 9.90. The van der Waals surface area contributed by atoms with Gasteiger partial charge in [-0.1, -0.05) is 25.5 Å². The van der Waals surface area contributed by atoms with Gasteiger partial charge in [-0.25, -0.2) is 0 Å². The van der Waals surface area contributed by atoms with Gasteiger partial charge in [0, 0.05) is 7.05 Å². The van der Waals surface area contributed by atoms with Crippen LogP contribution in [0.3, 0.4) is 0 Å². The lowest BCUT2D eigenvalue weighted by Crippen LogP contribution is -1.76. The van der Waals surface area contributed by atoms with Crippen molar-refractivity contribution >= 4 is 6.21 Å². The average molecular weight is 167 g/mol. The maximum Gasteiger partial charge on any atom is 0.0273 e. The van der Waals surface area contributed by atoms with Crippen molar-refractivity contribution in [2.75, 3.05) is 7.05 Å². The SMILES string of the molecule is CCC/C=C\CCCC/C=N/C. The van der Waals surface area contributed by atoms with E-state index < -0.39 is 0 Å². The highest BCUT2D eigenvalue weighted by atomic mass is 14.6. The lowest BCUT2D eigenvalue weighted by Gasteiger charge is -1.91. The minimum absolute atomic E-state index is 1.14. The van der Waals surface area contributed by atoms with E-state index in [2.05, 4.69) is 24.1 Å². The van der Waals surface area contributed by atoms with E-state index in [1.165, 1.54) is 32.1 Å². The molecule has 0 spiro atoms. The van der Waals surface area contributed by atoms with Crippen LogP contribution in [0, 0.1) is 0 Å².